The molecule has 0 atom stereocenters. The Morgan fingerprint density at radius 3 is 2.29 bits per heavy atom. The van der Waals surface area contributed by atoms with Crippen molar-refractivity contribution in [2.24, 2.45) is 0 Å². The zero-order valence-corrected chi connectivity index (χ0v) is 8.11. The molecular weight excluding hydrogens is 178 g/mol. The number of hydrogen-bond acceptors (Lipinski definition) is 3. The number of rotatable bonds is 2. The fourth-order valence-corrected chi connectivity index (χ4v) is 1.47. The third kappa shape index (κ3) is 2.72. The first kappa shape index (κ1) is 9.49. The van der Waals surface area contributed by atoms with Gasteiger partial charge in [-0.25, -0.2) is 0 Å². The molecule has 0 saturated carbocycles. The molecule has 1 aromatic rings. The minimum absolute atomic E-state index is 0.264. The predicted molar refractivity (Wildman–Crippen MR) is 55.5 cm³/mol. The fraction of sp³-hybridized carbons (Fsp3) is 0.455. The molecule has 0 amide bonds. The van der Waals surface area contributed by atoms with Crippen LogP contribution < -0.4 is 5.32 Å². The van der Waals surface area contributed by atoms with Gasteiger partial charge in [0, 0.05) is 5.69 Å². The summed E-state index contributed by atoms with van der Waals surface area (Å²) < 4.78 is 10.8. The molecule has 3 heteroatoms. The molecule has 14 heavy (non-hydrogen) atoms. The van der Waals surface area contributed by atoms with E-state index >= 15 is 0 Å². The van der Waals surface area contributed by atoms with Crippen LogP contribution in [0.15, 0.2) is 30.3 Å². The van der Waals surface area contributed by atoms with Crippen LogP contribution in [0.25, 0.3) is 0 Å². The molecular formula is C11H15NO2. The highest BCUT2D eigenvalue weighted by atomic mass is 16.5. The van der Waals surface area contributed by atoms with Crippen molar-refractivity contribution in [1.82, 2.24) is 0 Å². The monoisotopic (exact) mass is 193 g/mol. The maximum Gasteiger partial charge on any atom is 0.0728 e. The zero-order valence-electron chi connectivity index (χ0n) is 8.11. The Morgan fingerprint density at radius 1 is 1.00 bits per heavy atom. The number of hydrogen-bond donors (Lipinski definition) is 1. The van der Waals surface area contributed by atoms with Crippen molar-refractivity contribution in [3.63, 3.8) is 0 Å². The third-order valence-electron chi connectivity index (χ3n) is 2.15. The fourth-order valence-electron chi connectivity index (χ4n) is 1.47. The second kappa shape index (κ2) is 4.98. The standard InChI is InChI=1S/C11H15NO2/c1-2-4-10(5-3-1)12-11-8-13-6-7-14-9-11/h1-5,11-12H,6-9H2. The number of para-hydroxylation sites is 1. The molecule has 0 radical (unpaired) electrons. The van der Waals surface area contributed by atoms with Crippen LogP contribution in [0, 0.1) is 0 Å². The van der Waals surface area contributed by atoms with E-state index in [2.05, 4.69) is 5.32 Å². The summed E-state index contributed by atoms with van der Waals surface area (Å²) in [6.07, 6.45) is 0. The molecule has 76 valence electrons. The summed E-state index contributed by atoms with van der Waals surface area (Å²) in [5.74, 6) is 0. The van der Waals surface area contributed by atoms with Crippen LogP contribution in [0.5, 0.6) is 0 Å². The van der Waals surface area contributed by atoms with Gasteiger partial charge in [0.1, 0.15) is 0 Å². The third-order valence-corrected chi connectivity index (χ3v) is 2.15. The van der Waals surface area contributed by atoms with Crippen LogP contribution in [0.3, 0.4) is 0 Å². The smallest absolute Gasteiger partial charge is 0.0728 e. The molecule has 0 bridgehead atoms. The summed E-state index contributed by atoms with van der Waals surface area (Å²) in [7, 11) is 0. The molecule has 0 aromatic heterocycles. The lowest BCUT2D eigenvalue weighted by Crippen LogP contribution is -2.28. The van der Waals surface area contributed by atoms with Gasteiger partial charge in [0.25, 0.3) is 0 Å². The molecule has 1 heterocycles. The van der Waals surface area contributed by atoms with Gasteiger partial charge in [-0.15, -0.1) is 0 Å². The molecule has 0 aliphatic carbocycles. The molecule has 3 nitrogen and oxygen atoms in total. The van der Waals surface area contributed by atoms with Gasteiger partial charge < -0.3 is 14.8 Å². The highest BCUT2D eigenvalue weighted by molar-refractivity contribution is 5.43. The van der Waals surface area contributed by atoms with Gasteiger partial charge in [-0.05, 0) is 12.1 Å². The van der Waals surface area contributed by atoms with E-state index in [0.717, 1.165) is 18.9 Å². The molecule has 1 N–H and O–H groups in total. The molecule has 0 spiro atoms. The summed E-state index contributed by atoms with van der Waals surface area (Å²) in [4.78, 5) is 0. The van der Waals surface area contributed by atoms with Gasteiger partial charge >= 0.3 is 0 Å². The van der Waals surface area contributed by atoms with Gasteiger partial charge in [-0.1, -0.05) is 18.2 Å². The second-order valence-electron chi connectivity index (χ2n) is 3.36. The molecule has 1 aliphatic rings. The summed E-state index contributed by atoms with van der Waals surface area (Å²) in [5, 5.41) is 3.37. The van der Waals surface area contributed by atoms with Crippen molar-refractivity contribution >= 4 is 5.69 Å². The minimum atomic E-state index is 0.264. The van der Waals surface area contributed by atoms with Crippen LogP contribution in [0.1, 0.15) is 0 Å². The van der Waals surface area contributed by atoms with Gasteiger partial charge in [0.15, 0.2) is 0 Å². The van der Waals surface area contributed by atoms with Crippen molar-refractivity contribution in [3.8, 4) is 0 Å². The van der Waals surface area contributed by atoms with Crippen molar-refractivity contribution in [2.75, 3.05) is 31.7 Å². The Kier molecular flexibility index (Phi) is 3.38. The SMILES string of the molecule is c1ccc(NC2COCCOC2)cc1. The molecule has 1 aromatic carbocycles. The highest BCUT2D eigenvalue weighted by Gasteiger charge is 2.11. The van der Waals surface area contributed by atoms with Crippen LogP contribution in [-0.4, -0.2) is 32.5 Å². The van der Waals surface area contributed by atoms with Crippen LogP contribution >= 0.6 is 0 Å². The van der Waals surface area contributed by atoms with E-state index in [0.29, 0.717) is 13.2 Å². The summed E-state index contributed by atoms with van der Waals surface area (Å²) in [5.41, 5.74) is 1.12. The van der Waals surface area contributed by atoms with Gasteiger partial charge in [-0.2, -0.15) is 0 Å². The van der Waals surface area contributed by atoms with E-state index in [1.807, 2.05) is 30.3 Å². The molecule has 1 fully saturated rings. The van der Waals surface area contributed by atoms with Gasteiger partial charge in [-0.3, -0.25) is 0 Å². The van der Waals surface area contributed by atoms with Crippen LogP contribution in [-0.2, 0) is 9.47 Å². The van der Waals surface area contributed by atoms with Crippen LogP contribution in [0.4, 0.5) is 5.69 Å². The lowest BCUT2D eigenvalue weighted by molar-refractivity contribution is 0.103. The predicted octanol–water partition coefficient (Wildman–Crippen LogP) is 1.51. The number of nitrogens with one attached hydrogen (secondary N) is 1. The number of ether oxygens (including phenoxy) is 2. The summed E-state index contributed by atoms with van der Waals surface area (Å²) in [6, 6.07) is 10.4. The lowest BCUT2D eigenvalue weighted by Gasteiger charge is -2.16. The van der Waals surface area contributed by atoms with Crippen molar-refractivity contribution in [2.45, 2.75) is 6.04 Å². The molecule has 1 aliphatic heterocycles. The van der Waals surface area contributed by atoms with E-state index in [1.165, 1.54) is 0 Å². The van der Waals surface area contributed by atoms with E-state index in [1.54, 1.807) is 0 Å². The molecule has 2 rings (SSSR count). The van der Waals surface area contributed by atoms with Crippen molar-refractivity contribution < 1.29 is 9.47 Å². The minimum Gasteiger partial charge on any atom is -0.378 e. The van der Waals surface area contributed by atoms with E-state index in [4.69, 9.17) is 9.47 Å². The average molecular weight is 193 g/mol. The molecule has 1 saturated heterocycles. The average Bonchev–Trinajstić information content (AvgIpc) is 2.48. The van der Waals surface area contributed by atoms with Crippen molar-refractivity contribution in [1.29, 1.82) is 0 Å². The Morgan fingerprint density at radius 2 is 1.64 bits per heavy atom. The Labute approximate surface area is 84.0 Å². The maximum atomic E-state index is 5.39. The topological polar surface area (TPSA) is 30.5 Å². The van der Waals surface area contributed by atoms with Crippen molar-refractivity contribution in [3.05, 3.63) is 30.3 Å². The van der Waals surface area contributed by atoms with E-state index in [9.17, 15) is 0 Å². The number of anilines is 1. The largest absolute Gasteiger partial charge is 0.378 e. The lowest BCUT2D eigenvalue weighted by atomic mass is 10.2. The zero-order chi connectivity index (χ0) is 9.64. The number of benzene rings is 1. The Bertz CT molecular complexity index is 255. The normalized spacial score (nSPS) is 18.9. The first-order valence-corrected chi connectivity index (χ1v) is 4.92. The van der Waals surface area contributed by atoms with Crippen LogP contribution in [0.2, 0.25) is 0 Å². The summed E-state index contributed by atoms with van der Waals surface area (Å²) >= 11 is 0. The van der Waals surface area contributed by atoms with Gasteiger partial charge in [0.05, 0.1) is 32.5 Å². The summed E-state index contributed by atoms with van der Waals surface area (Å²) in [6.45, 7) is 2.84. The van der Waals surface area contributed by atoms with E-state index in [-0.39, 0.29) is 6.04 Å². The Balaban J connectivity index is 1.90. The quantitative estimate of drug-likeness (QED) is 0.772. The highest BCUT2D eigenvalue weighted by Crippen LogP contribution is 2.08. The molecule has 0 unspecified atom stereocenters. The Hall–Kier alpha value is -1.06. The first-order valence-electron chi connectivity index (χ1n) is 4.92. The maximum absolute atomic E-state index is 5.39. The second-order valence-corrected chi connectivity index (χ2v) is 3.36. The van der Waals surface area contributed by atoms with Gasteiger partial charge in [0.2, 0.25) is 0 Å². The first-order chi connectivity index (χ1) is 6.95. The van der Waals surface area contributed by atoms with E-state index < -0.39 is 0 Å².